The summed E-state index contributed by atoms with van der Waals surface area (Å²) in [4.78, 5) is 17.2. The van der Waals surface area contributed by atoms with Crippen LogP contribution in [0.1, 0.15) is 30.4 Å². The van der Waals surface area contributed by atoms with E-state index in [1.165, 1.54) is 16.3 Å². The quantitative estimate of drug-likeness (QED) is 0.768. The van der Waals surface area contributed by atoms with Crippen LogP contribution in [0.4, 0.5) is 0 Å². The third kappa shape index (κ3) is 3.36. The van der Waals surface area contributed by atoms with Crippen LogP contribution in [0, 0.1) is 5.92 Å². The average Bonchev–Trinajstić information content (AvgIpc) is 3.10. The lowest BCUT2D eigenvalue weighted by atomic mass is 9.96. The Balaban J connectivity index is 1.35. The van der Waals surface area contributed by atoms with Crippen molar-refractivity contribution in [2.75, 3.05) is 6.54 Å². The fourth-order valence-corrected chi connectivity index (χ4v) is 3.86. The summed E-state index contributed by atoms with van der Waals surface area (Å²) in [5.74, 6) is 1.27. The molecule has 0 radical (unpaired) electrons. The van der Waals surface area contributed by atoms with Crippen LogP contribution in [0.15, 0.2) is 48.7 Å². The van der Waals surface area contributed by atoms with Crippen LogP contribution < -0.4 is 5.32 Å². The number of fused-ring (bicyclic) bond motifs is 2. The molecule has 1 N–H and O–H groups in total. The van der Waals surface area contributed by atoms with Gasteiger partial charge in [-0.2, -0.15) is 0 Å². The van der Waals surface area contributed by atoms with E-state index in [0.29, 0.717) is 6.54 Å². The first kappa shape index (κ1) is 16.8. The Morgan fingerprint density at radius 2 is 2.08 bits per heavy atom. The molecule has 1 aliphatic rings. The lowest BCUT2D eigenvalue weighted by Gasteiger charge is -2.22. The van der Waals surface area contributed by atoms with Crippen LogP contribution in [0.3, 0.4) is 0 Å². The summed E-state index contributed by atoms with van der Waals surface area (Å²) in [6.07, 6.45) is 5.58. The minimum atomic E-state index is 0.0436. The number of amides is 1. The fourth-order valence-electron chi connectivity index (χ4n) is 3.86. The molecule has 1 aromatic heterocycles. The fraction of sp³-hybridized carbons (Fsp3) is 0.364. The summed E-state index contributed by atoms with van der Waals surface area (Å²) in [5.41, 5.74) is 2.41. The van der Waals surface area contributed by atoms with Gasteiger partial charge in [-0.1, -0.05) is 49.4 Å². The van der Waals surface area contributed by atoms with Crippen molar-refractivity contribution < 1.29 is 4.79 Å². The molecular weight excluding hydrogens is 322 g/mol. The van der Waals surface area contributed by atoms with Crippen LogP contribution in [-0.2, 0) is 30.6 Å². The summed E-state index contributed by atoms with van der Waals surface area (Å²) in [6, 6.07) is 14.8. The molecule has 4 nitrogen and oxygen atoms in total. The Bertz CT molecular complexity index is 923. The molecule has 0 aliphatic carbocycles. The van der Waals surface area contributed by atoms with Gasteiger partial charge in [0.1, 0.15) is 5.82 Å². The third-order valence-corrected chi connectivity index (χ3v) is 5.36. The molecule has 4 heteroatoms. The lowest BCUT2D eigenvalue weighted by Crippen LogP contribution is -2.36. The molecule has 0 bridgehead atoms. The SMILES string of the molecule is CCc1cn2c(n1)CC(C(=O)NCCc1cccc3ccccc13)CC2. The number of hydrogen-bond donors (Lipinski definition) is 1. The number of carbonyl (C=O) groups excluding carboxylic acids is 1. The zero-order chi connectivity index (χ0) is 17.9. The Morgan fingerprint density at radius 3 is 2.96 bits per heavy atom. The predicted octanol–water partition coefficient (Wildman–Crippen LogP) is 3.52. The van der Waals surface area contributed by atoms with Crippen molar-refractivity contribution in [3.05, 3.63) is 65.7 Å². The number of carbonyl (C=O) groups is 1. The first-order valence-electron chi connectivity index (χ1n) is 9.54. The van der Waals surface area contributed by atoms with Crippen LogP contribution in [0.2, 0.25) is 0 Å². The van der Waals surface area contributed by atoms with E-state index < -0.39 is 0 Å². The van der Waals surface area contributed by atoms with Gasteiger partial charge in [0, 0.05) is 31.6 Å². The molecule has 1 amide bonds. The van der Waals surface area contributed by atoms with Crippen molar-refractivity contribution >= 4 is 16.7 Å². The van der Waals surface area contributed by atoms with Gasteiger partial charge in [-0.05, 0) is 35.6 Å². The summed E-state index contributed by atoms with van der Waals surface area (Å²) in [6.45, 7) is 3.69. The average molecular weight is 347 g/mol. The highest BCUT2D eigenvalue weighted by Gasteiger charge is 2.25. The predicted molar refractivity (Wildman–Crippen MR) is 104 cm³/mol. The van der Waals surface area contributed by atoms with Crippen LogP contribution in [0.25, 0.3) is 10.8 Å². The van der Waals surface area contributed by atoms with Crippen molar-refractivity contribution in [2.24, 2.45) is 5.92 Å². The summed E-state index contributed by atoms with van der Waals surface area (Å²) in [5, 5.41) is 5.67. The third-order valence-electron chi connectivity index (χ3n) is 5.36. The number of hydrogen-bond acceptors (Lipinski definition) is 2. The van der Waals surface area contributed by atoms with E-state index in [4.69, 9.17) is 0 Å². The van der Waals surface area contributed by atoms with Crippen molar-refractivity contribution in [3.8, 4) is 0 Å². The number of benzene rings is 2. The standard InChI is InChI=1S/C22H25N3O/c1-2-19-15-25-13-11-18(14-21(25)24-19)22(26)23-12-10-17-8-5-7-16-6-3-4-9-20(16)17/h3-9,15,18H,2,10-14H2,1H3,(H,23,26). The lowest BCUT2D eigenvalue weighted by molar-refractivity contribution is -0.125. The minimum absolute atomic E-state index is 0.0436. The van der Waals surface area contributed by atoms with Gasteiger partial charge in [0.05, 0.1) is 5.69 Å². The highest BCUT2D eigenvalue weighted by atomic mass is 16.1. The highest BCUT2D eigenvalue weighted by molar-refractivity contribution is 5.85. The monoisotopic (exact) mass is 347 g/mol. The van der Waals surface area contributed by atoms with Crippen molar-refractivity contribution in [1.82, 2.24) is 14.9 Å². The van der Waals surface area contributed by atoms with Crippen molar-refractivity contribution in [2.45, 2.75) is 39.2 Å². The van der Waals surface area contributed by atoms with Gasteiger partial charge in [-0.25, -0.2) is 4.98 Å². The van der Waals surface area contributed by atoms with Crippen LogP contribution in [0.5, 0.6) is 0 Å². The first-order chi connectivity index (χ1) is 12.7. The van der Waals surface area contributed by atoms with Gasteiger partial charge >= 0.3 is 0 Å². The molecule has 0 saturated heterocycles. The first-order valence-corrected chi connectivity index (χ1v) is 9.54. The summed E-state index contributed by atoms with van der Waals surface area (Å²) in [7, 11) is 0. The van der Waals surface area contributed by atoms with Crippen molar-refractivity contribution in [3.63, 3.8) is 0 Å². The second-order valence-electron chi connectivity index (χ2n) is 7.06. The van der Waals surface area contributed by atoms with E-state index in [0.717, 1.165) is 43.7 Å². The molecule has 0 fully saturated rings. The molecule has 1 unspecified atom stereocenters. The number of rotatable bonds is 5. The maximum atomic E-state index is 12.6. The van der Waals surface area contributed by atoms with E-state index in [2.05, 4.69) is 70.5 Å². The molecule has 2 aromatic carbocycles. The molecular formula is C22H25N3O. The normalized spacial score (nSPS) is 16.4. The molecule has 2 heterocycles. The van der Waals surface area contributed by atoms with E-state index in [-0.39, 0.29) is 11.8 Å². The molecule has 134 valence electrons. The minimum Gasteiger partial charge on any atom is -0.356 e. The van der Waals surface area contributed by atoms with Gasteiger partial charge in [-0.15, -0.1) is 0 Å². The van der Waals surface area contributed by atoms with Gasteiger partial charge in [0.2, 0.25) is 5.91 Å². The zero-order valence-electron chi connectivity index (χ0n) is 15.2. The van der Waals surface area contributed by atoms with E-state index in [1.807, 2.05) is 0 Å². The number of aryl methyl sites for hydroxylation is 2. The van der Waals surface area contributed by atoms with E-state index in [9.17, 15) is 4.79 Å². The molecule has 0 spiro atoms. The molecule has 1 aliphatic heterocycles. The Morgan fingerprint density at radius 1 is 1.23 bits per heavy atom. The van der Waals surface area contributed by atoms with Gasteiger partial charge in [0.15, 0.2) is 0 Å². The molecule has 4 rings (SSSR count). The maximum absolute atomic E-state index is 12.6. The van der Waals surface area contributed by atoms with Gasteiger partial charge in [0.25, 0.3) is 0 Å². The maximum Gasteiger partial charge on any atom is 0.223 e. The van der Waals surface area contributed by atoms with E-state index >= 15 is 0 Å². The second kappa shape index (κ2) is 7.32. The van der Waals surface area contributed by atoms with E-state index in [1.54, 1.807) is 0 Å². The highest BCUT2D eigenvalue weighted by Crippen LogP contribution is 2.21. The summed E-state index contributed by atoms with van der Waals surface area (Å²) < 4.78 is 2.21. The molecule has 26 heavy (non-hydrogen) atoms. The Labute approximate surface area is 154 Å². The molecule has 0 saturated carbocycles. The van der Waals surface area contributed by atoms with Crippen LogP contribution in [-0.4, -0.2) is 22.0 Å². The zero-order valence-corrected chi connectivity index (χ0v) is 15.2. The van der Waals surface area contributed by atoms with Crippen LogP contribution >= 0.6 is 0 Å². The summed E-state index contributed by atoms with van der Waals surface area (Å²) >= 11 is 0. The van der Waals surface area contributed by atoms with Gasteiger partial charge < -0.3 is 9.88 Å². The van der Waals surface area contributed by atoms with Crippen molar-refractivity contribution in [1.29, 1.82) is 0 Å². The number of nitrogens with zero attached hydrogens (tertiary/aromatic N) is 2. The van der Waals surface area contributed by atoms with Gasteiger partial charge in [-0.3, -0.25) is 4.79 Å². The Kier molecular flexibility index (Phi) is 4.74. The number of imidazole rings is 1. The Hall–Kier alpha value is -2.62. The molecule has 3 aromatic rings. The second-order valence-corrected chi connectivity index (χ2v) is 7.06. The largest absolute Gasteiger partial charge is 0.356 e. The smallest absolute Gasteiger partial charge is 0.223 e. The number of aromatic nitrogens is 2. The molecule has 1 atom stereocenters. The topological polar surface area (TPSA) is 46.9 Å². The number of nitrogens with one attached hydrogen (secondary N) is 1.